The highest BCUT2D eigenvalue weighted by Crippen LogP contribution is 2.40. The smallest absolute Gasteiger partial charge is 0.184 e. The molecule has 0 aromatic heterocycles. The average Bonchev–Trinajstić information content (AvgIpc) is 3.19. The van der Waals surface area contributed by atoms with Crippen molar-refractivity contribution < 1.29 is 18.9 Å². The summed E-state index contributed by atoms with van der Waals surface area (Å²) in [6, 6.07) is 9.99. The number of ether oxygens (including phenoxy) is 4. The Balaban J connectivity index is 1.53. The molecule has 0 unspecified atom stereocenters. The first-order valence-corrected chi connectivity index (χ1v) is 6.01. The number of epoxide rings is 1. The molecule has 0 saturated carbocycles. The van der Waals surface area contributed by atoms with Crippen LogP contribution in [0.4, 0.5) is 0 Å². The molecule has 3 aliphatic rings. The van der Waals surface area contributed by atoms with E-state index in [4.69, 9.17) is 18.9 Å². The predicted octanol–water partition coefficient (Wildman–Crippen LogP) is 1.27. The van der Waals surface area contributed by atoms with E-state index >= 15 is 0 Å². The SMILES string of the molecule is c1ccc([C@H]2OC[C@@H]3OC[C@@H]4O[C@@H]4[C@@H]3O2)cc1. The molecule has 1 aromatic rings. The molecule has 3 aliphatic heterocycles. The summed E-state index contributed by atoms with van der Waals surface area (Å²) in [5, 5.41) is 0. The molecule has 1 aromatic carbocycles. The molecule has 3 saturated heterocycles. The molecule has 0 spiro atoms. The van der Waals surface area contributed by atoms with E-state index in [0.717, 1.165) is 5.56 Å². The van der Waals surface area contributed by atoms with Crippen LogP contribution in [-0.4, -0.2) is 37.6 Å². The minimum Gasteiger partial charge on any atom is -0.370 e. The molecule has 90 valence electrons. The molecule has 4 heteroatoms. The quantitative estimate of drug-likeness (QED) is 0.686. The summed E-state index contributed by atoms with van der Waals surface area (Å²) in [6.07, 6.45) is 0.213. The van der Waals surface area contributed by atoms with Crippen LogP contribution in [0.3, 0.4) is 0 Å². The largest absolute Gasteiger partial charge is 0.370 e. The molecular weight excluding hydrogens is 220 g/mol. The minimum atomic E-state index is -0.288. The van der Waals surface area contributed by atoms with Crippen LogP contribution in [0.25, 0.3) is 0 Å². The molecule has 0 radical (unpaired) electrons. The van der Waals surface area contributed by atoms with Crippen LogP contribution in [0.15, 0.2) is 30.3 Å². The van der Waals surface area contributed by atoms with Crippen LogP contribution < -0.4 is 0 Å². The highest BCUT2D eigenvalue weighted by Gasteiger charge is 2.55. The molecule has 3 heterocycles. The first kappa shape index (κ1) is 10.0. The van der Waals surface area contributed by atoms with Gasteiger partial charge in [0.25, 0.3) is 0 Å². The average molecular weight is 234 g/mol. The van der Waals surface area contributed by atoms with Crippen LogP contribution in [-0.2, 0) is 18.9 Å². The van der Waals surface area contributed by atoms with E-state index in [1.807, 2.05) is 30.3 Å². The van der Waals surface area contributed by atoms with Gasteiger partial charge in [-0.1, -0.05) is 30.3 Å². The van der Waals surface area contributed by atoms with Gasteiger partial charge >= 0.3 is 0 Å². The molecule has 0 aliphatic carbocycles. The van der Waals surface area contributed by atoms with Gasteiger partial charge < -0.3 is 18.9 Å². The number of rotatable bonds is 1. The van der Waals surface area contributed by atoms with E-state index in [1.165, 1.54) is 0 Å². The molecule has 4 rings (SSSR count). The second-order valence-electron chi connectivity index (χ2n) is 4.69. The molecule has 3 fully saturated rings. The van der Waals surface area contributed by atoms with Crippen molar-refractivity contribution in [2.45, 2.75) is 30.7 Å². The lowest BCUT2D eigenvalue weighted by Gasteiger charge is -2.37. The Labute approximate surface area is 99.4 Å². The predicted molar refractivity (Wildman–Crippen MR) is 58.4 cm³/mol. The van der Waals surface area contributed by atoms with E-state index < -0.39 is 0 Å². The molecule has 0 N–H and O–H groups in total. The van der Waals surface area contributed by atoms with Gasteiger partial charge in [0.2, 0.25) is 0 Å². The van der Waals surface area contributed by atoms with Crippen molar-refractivity contribution >= 4 is 0 Å². The van der Waals surface area contributed by atoms with Gasteiger partial charge in [-0.15, -0.1) is 0 Å². The highest BCUT2D eigenvalue weighted by atomic mass is 16.7. The maximum atomic E-state index is 5.96. The third kappa shape index (κ3) is 1.68. The first-order chi connectivity index (χ1) is 8.42. The number of hydrogen-bond donors (Lipinski definition) is 0. The van der Waals surface area contributed by atoms with Crippen LogP contribution >= 0.6 is 0 Å². The normalized spacial score (nSPS) is 43.6. The Morgan fingerprint density at radius 3 is 2.47 bits per heavy atom. The lowest BCUT2D eigenvalue weighted by molar-refractivity contribution is -0.273. The summed E-state index contributed by atoms with van der Waals surface area (Å²) in [5.74, 6) is 0. The highest BCUT2D eigenvalue weighted by molar-refractivity contribution is 5.17. The Kier molecular flexibility index (Phi) is 2.23. The second-order valence-corrected chi connectivity index (χ2v) is 4.69. The molecule has 0 bridgehead atoms. The van der Waals surface area contributed by atoms with Crippen molar-refractivity contribution in [3.63, 3.8) is 0 Å². The van der Waals surface area contributed by atoms with Gasteiger partial charge in [-0.3, -0.25) is 0 Å². The second kappa shape index (κ2) is 3.78. The lowest BCUT2D eigenvalue weighted by Crippen LogP contribution is -2.49. The van der Waals surface area contributed by atoms with Crippen LogP contribution in [0.2, 0.25) is 0 Å². The Hall–Kier alpha value is -0.940. The number of fused-ring (bicyclic) bond motifs is 3. The number of benzene rings is 1. The van der Waals surface area contributed by atoms with E-state index in [2.05, 4.69) is 0 Å². The third-order valence-electron chi connectivity index (χ3n) is 3.55. The molecule has 4 nitrogen and oxygen atoms in total. The standard InChI is InChI=1S/C13H14O4/c1-2-4-8(5-3-1)13-15-6-9-11(17-13)12-10(16-12)7-14-9/h1-5,9-13H,6-7H2/t9-,10-,11+,12-,13-/m0/s1. The van der Waals surface area contributed by atoms with Gasteiger partial charge in [0.1, 0.15) is 24.4 Å². The van der Waals surface area contributed by atoms with Crippen molar-refractivity contribution in [1.29, 1.82) is 0 Å². The Morgan fingerprint density at radius 2 is 1.59 bits per heavy atom. The van der Waals surface area contributed by atoms with E-state index in [0.29, 0.717) is 13.2 Å². The fourth-order valence-corrected chi connectivity index (χ4v) is 2.56. The van der Waals surface area contributed by atoms with Gasteiger partial charge in [-0.2, -0.15) is 0 Å². The maximum Gasteiger partial charge on any atom is 0.184 e. The van der Waals surface area contributed by atoms with Gasteiger partial charge in [0.05, 0.1) is 13.2 Å². The van der Waals surface area contributed by atoms with Gasteiger partial charge in [0, 0.05) is 5.56 Å². The van der Waals surface area contributed by atoms with Gasteiger partial charge in [-0.05, 0) is 0 Å². The van der Waals surface area contributed by atoms with Gasteiger partial charge in [0.15, 0.2) is 6.29 Å². The van der Waals surface area contributed by atoms with Crippen molar-refractivity contribution in [2.24, 2.45) is 0 Å². The van der Waals surface area contributed by atoms with Crippen LogP contribution in [0.1, 0.15) is 11.9 Å². The molecule has 0 amide bonds. The zero-order valence-corrected chi connectivity index (χ0v) is 9.32. The molecule has 5 atom stereocenters. The Morgan fingerprint density at radius 1 is 0.824 bits per heavy atom. The Bertz CT molecular complexity index is 407. The van der Waals surface area contributed by atoms with Crippen molar-refractivity contribution in [1.82, 2.24) is 0 Å². The summed E-state index contributed by atoms with van der Waals surface area (Å²) in [5.41, 5.74) is 1.05. The fourth-order valence-electron chi connectivity index (χ4n) is 2.56. The van der Waals surface area contributed by atoms with Gasteiger partial charge in [-0.25, -0.2) is 0 Å². The third-order valence-corrected chi connectivity index (χ3v) is 3.55. The van der Waals surface area contributed by atoms with Crippen molar-refractivity contribution in [3.8, 4) is 0 Å². The zero-order chi connectivity index (χ0) is 11.2. The summed E-state index contributed by atoms with van der Waals surface area (Å²) in [4.78, 5) is 0. The maximum absolute atomic E-state index is 5.96. The molecular formula is C13H14O4. The summed E-state index contributed by atoms with van der Waals surface area (Å²) < 4.78 is 22.8. The van der Waals surface area contributed by atoms with Crippen LogP contribution in [0.5, 0.6) is 0 Å². The molecule has 17 heavy (non-hydrogen) atoms. The van der Waals surface area contributed by atoms with E-state index in [9.17, 15) is 0 Å². The van der Waals surface area contributed by atoms with Crippen molar-refractivity contribution in [3.05, 3.63) is 35.9 Å². The summed E-state index contributed by atoms with van der Waals surface area (Å²) in [7, 11) is 0. The minimum absolute atomic E-state index is 0.0210. The summed E-state index contributed by atoms with van der Waals surface area (Å²) in [6.45, 7) is 1.26. The van der Waals surface area contributed by atoms with E-state index in [-0.39, 0.29) is 30.7 Å². The summed E-state index contributed by atoms with van der Waals surface area (Å²) >= 11 is 0. The fraction of sp³-hybridized carbons (Fsp3) is 0.538. The van der Waals surface area contributed by atoms with E-state index in [1.54, 1.807) is 0 Å². The van der Waals surface area contributed by atoms with Crippen LogP contribution in [0, 0.1) is 0 Å². The van der Waals surface area contributed by atoms with Crippen molar-refractivity contribution in [2.75, 3.05) is 13.2 Å². The topological polar surface area (TPSA) is 40.2 Å². The lowest BCUT2D eigenvalue weighted by atomic mass is 10.0. The monoisotopic (exact) mass is 234 g/mol. The zero-order valence-electron chi connectivity index (χ0n) is 9.32. The number of hydrogen-bond acceptors (Lipinski definition) is 4. The first-order valence-electron chi connectivity index (χ1n) is 6.01.